The Kier molecular flexibility index (Phi) is 4.82. The minimum atomic E-state index is -0.347. The van der Waals surface area contributed by atoms with Crippen LogP contribution in [0.15, 0.2) is 18.2 Å². The van der Waals surface area contributed by atoms with Gasteiger partial charge in [-0.1, -0.05) is 11.6 Å². The highest BCUT2D eigenvalue weighted by atomic mass is 35.5. The largest absolute Gasteiger partial charge is 0.353 e. The number of hydrogen-bond donors (Lipinski definition) is 1. The fourth-order valence-corrected chi connectivity index (χ4v) is 4.09. The molecule has 0 spiro atoms. The van der Waals surface area contributed by atoms with E-state index in [4.69, 9.17) is 22.4 Å². The highest BCUT2D eigenvalue weighted by Crippen LogP contribution is 2.32. The number of rotatable bonds is 3. The van der Waals surface area contributed by atoms with Crippen LogP contribution >= 0.6 is 11.6 Å². The maximum Gasteiger partial charge on any atom is 0.272 e. The molecule has 2 N–H and O–H groups in total. The third-order valence-corrected chi connectivity index (χ3v) is 5.73. The lowest BCUT2D eigenvalue weighted by molar-refractivity contribution is 0.0741. The molecule has 1 saturated heterocycles. The van der Waals surface area contributed by atoms with Gasteiger partial charge < -0.3 is 15.5 Å². The van der Waals surface area contributed by atoms with E-state index >= 15 is 0 Å². The number of anilines is 1. The van der Waals surface area contributed by atoms with Crippen LogP contribution < -0.4 is 10.6 Å². The number of piperidine rings is 1. The first kappa shape index (κ1) is 18.3. The molecule has 1 aromatic carbocycles. The summed E-state index contributed by atoms with van der Waals surface area (Å²) in [6.45, 7) is 2.80. The molecular formula is C19H23ClFN5O. The van der Waals surface area contributed by atoms with Gasteiger partial charge >= 0.3 is 0 Å². The van der Waals surface area contributed by atoms with E-state index in [0.29, 0.717) is 42.3 Å². The molecule has 8 heteroatoms. The summed E-state index contributed by atoms with van der Waals surface area (Å²) in [5.41, 5.74) is 8.17. The molecule has 2 aliphatic rings. The van der Waals surface area contributed by atoms with Gasteiger partial charge in [0.1, 0.15) is 11.5 Å². The standard InChI is InChI=1S/C19H23ClFN5O/c1-24-7-8-26-17(19(24)27)15(10-12-9-13(21)4-5-16(12)20)18(23-26)25-6-2-3-14(22)11-25/h4-5,9,14H,2-3,6-8,10-11,22H2,1H3/t14-/m1/s1. The predicted octanol–water partition coefficient (Wildman–Crippen LogP) is 2.28. The Morgan fingerprint density at radius 3 is 2.93 bits per heavy atom. The zero-order chi connectivity index (χ0) is 19.1. The number of benzene rings is 1. The molecule has 1 aromatic heterocycles. The molecule has 0 saturated carbocycles. The van der Waals surface area contributed by atoms with Crippen molar-refractivity contribution in [2.75, 3.05) is 31.6 Å². The van der Waals surface area contributed by atoms with Crippen molar-refractivity contribution in [1.82, 2.24) is 14.7 Å². The SMILES string of the molecule is CN1CCn2nc(N3CCC[C@@H](N)C3)c(Cc3cc(F)ccc3Cl)c2C1=O. The lowest BCUT2D eigenvalue weighted by atomic mass is 10.0. The first-order valence-corrected chi connectivity index (χ1v) is 9.61. The van der Waals surface area contributed by atoms with Gasteiger partial charge in [-0.15, -0.1) is 0 Å². The average molecular weight is 392 g/mol. The Hall–Kier alpha value is -2.12. The van der Waals surface area contributed by atoms with Gasteiger partial charge in [-0.2, -0.15) is 5.10 Å². The molecule has 3 heterocycles. The van der Waals surface area contributed by atoms with Crippen LogP contribution in [-0.4, -0.2) is 53.3 Å². The summed E-state index contributed by atoms with van der Waals surface area (Å²) >= 11 is 6.30. The van der Waals surface area contributed by atoms with E-state index in [0.717, 1.165) is 30.8 Å². The van der Waals surface area contributed by atoms with E-state index in [9.17, 15) is 9.18 Å². The monoisotopic (exact) mass is 391 g/mol. The number of hydrogen-bond acceptors (Lipinski definition) is 4. The van der Waals surface area contributed by atoms with Crippen LogP contribution in [0.3, 0.4) is 0 Å². The van der Waals surface area contributed by atoms with E-state index in [1.54, 1.807) is 22.7 Å². The van der Waals surface area contributed by atoms with Gasteiger partial charge in [0.25, 0.3) is 5.91 Å². The predicted molar refractivity (Wildman–Crippen MR) is 103 cm³/mol. The van der Waals surface area contributed by atoms with Crippen LogP contribution in [0.25, 0.3) is 0 Å². The summed E-state index contributed by atoms with van der Waals surface area (Å²) in [6.07, 6.45) is 2.32. The number of carbonyl (C=O) groups excluding carboxylic acids is 1. The molecule has 144 valence electrons. The summed E-state index contributed by atoms with van der Waals surface area (Å²) in [6, 6.07) is 4.39. The van der Waals surface area contributed by atoms with E-state index in [1.807, 2.05) is 0 Å². The third kappa shape index (κ3) is 3.41. The fourth-order valence-electron chi connectivity index (χ4n) is 3.90. The Bertz CT molecular complexity index is 883. The molecule has 6 nitrogen and oxygen atoms in total. The van der Waals surface area contributed by atoms with Gasteiger partial charge in [-0.05, 0) is 36.6 Å². The highest BCUT2D eigenvalue weighted by molar-refractivity contribution is 6.31. The molecule has 0 bridgehead atoms. The van der Waals surface area contributed by atoms with Crippen molar-refractivity contribution < 1.29 is 9.18 Å². The molecule has 0 unspecified atom stereocenters. The van der Waals surface area contributed by atoms with Gasteiger partial charge in [0.05, 0.1) is 6.54 Å². The number of nitrogens with two attached hydrogens (primary N) is 1. The van der Waals surface area contributed by atoms with Crippen LogP contribution in [0.2, 0.25) is 5.02 Å². The fraction of sp³-hybridized carbons (Fsp3) is 0.474. The number of carbonyl (C=O) groups is 1. The summed E-state index contributed by atoms with van der Waals surface area (Å²) in [4.78, 5) is 16.7. The van der Waals surface area contributed by atoms with E-state index in [-0.39, 0.29) is 17.8 Å². The molecule has 0 radical (unpaired) electrons. The van der Waals surface area contributed by atoms with E-state index in [2.05, 4.69) is 4.90 Å². The van der Waals surface area contributed by atoms with E-state index in [1.165, 1.54) is 12.1 Å². The lowest BCUT2D eigenvalue weighted by Gasteiger charge is -2.31. The number of halogens is 2. The molecule has 1 fully saturated rings. The Morgan fingerprint density at radius 2 is 2.15 bits per heavy atom. The first-order valence-electron chi connectivity index (χ1n) is 9.23. The Balaban J connectivity index is 1.80. The minimum absolute atomic E-state index is 0.0659. The number of likely N-dealkylation sites (N-methyl/N-ethyl adjacent to an activating group) is 1. The molecule has 27 heavy (non-hydrogen) atoms. The van der Waals surface area contributed by atoms with Gasteiger partial charge in [0, 0.05) is 49.7 Å². The van der Waals surface area contributed by atoms with E-state index < -0.39 is 0 Å². The second-order valence-electron chi connectivity index (χ2n) is 7.36. The zero-order valence-electron chi connectivity index (χ0n) is 15.3. The highest BCUT2D eigenvalue weighted by Gasteiger charge is 2.32. The minimum Gasteiger partial charge on any atom is -0.353 e. The number of nitrogens with zero attached hydrogens (tertiary/aromatic N) is 4. The quantitative estimate of drug-likeness (QED) is 0.871. The van der Waals surface area contributed by atoms with Crippen molar-refractivity contribution in [2.45, 2.75) is 31.8 Å². The second-order valence-corrected chi connectivity index (χ2v) is 7.77. The summed E-state index contributed by atoms with van der Waals surface area (Å²) in [7, 11) is 1.79. The maximum absolute atomic E-state index is 13.8. The number of aromatic nitrogens is 2. The van der Waals surface area contributed by atoms with Crippen molar-refractivity contribution in [1.29, 1.82) is 0 Å². The number of amides is 1. The Labute approximate surface area is 162 Å². The first-order chi connectivity index (χ1) is 12.9. The van der Waals surface area contributed by atoms with Gasteiger partial charge in [0.15, 0.2) is 5.82 Å². The third-order valence-electron chi connectivity index (χ3n) is 5.36. The maximum atomic E-state index is 13.8. The molecule has 1 amide bonds. The van der Waals surface area contributed by atoms with Crippen LogP contribution in [0, 0.1) is 5.82 Å². The Morgan fingerprint density at radius 1 is 1.33 bits per heavy atom. The van der Waals surface area contributed by atoms with Crippen molar-refractivity contribution in [3.8, 4) is 0 Å². The average Bonchev–Trinajstić information content (AvgIpc) is 3.00. The van der Waals surface area contributed by atoms with Crippen molar-refractivity contribution >= 4 is 23.3 Å². The molecule has 0 aliphatic carbocycles. The molecule has 4 rings (SSSR count). The molecular weight excluding hydrogens is 369 g/mol. The van der Waals surface area contributed by atoms with Gasteiger partial charge in [-0.25, -0.2) is 4.39 Å². The molecule has 2 aromatic rings. The lowest BCUT2D eigenvalue weighted by Crippen LogP contribution is -2.43. The number of fused-ring (bicyclic) bond motifs is 1. The van der Waals surface area contributed by atoms with Crippen molar-refractivity contribution in [2.24, 2.45) is 5.73 Å². The van der Waals surface area contributed by atoms with Gasteiger partial charge in [0.2, 0.25) is 0 Å². The topological polar surface area (TPSA) is 67.4 Å². The van der Waals surface area contributed by atoms with Gasteiger partial charge in [-0.3, -0.25) is 9.48 Å². The zero-order valence-corrected chi connectivity index (χ0v) is 16.0. The summed E-state index contributed by atoms with van der Waals surface area (Å²) < 4.78 is 15.6. The second kappa shape index (κ2) is 7.13. The summed E-state index contributed by atoms with van der Waals surface area (Å²) in [5.74, 6) is 0.355. The van der Waals surface area contributed by atoms with Crippen LogP contribution in [0.1, 0.15) is 34.5 Å². The normalized spacial score (nSPS) is 20.1. The smallest absolute Gasteiger partial charge is 0.272 e. The van der Waals surface area contributed by atoms with Crippen molar-refractivity contribution in [3.05, 3.63) is 45.9 Å². The summed E-state index contributed by atoms with van der Waals surface area (Å²) in [5, 5.41) is 5.23. The van der Waals surface area contributed by atoms with Crippen LogP contribution in [-0.2, 0) is 13.0 Å². The van der Waals surface area contributed by atoms with Crippen LogP contribution in [0.5, 0.6) is 0 Å². The molecule has 2 aliphatic heterocycles. The van der Waals surface area contributed by atoms with Crippen LogP contribution in [0.4, 0.5) is 10.2 Å². The van der Waals surface area contributed by atoms with Crippen molar-refractivity contribution in [3.63, 3.8) is 0 Å². The molecule has 1 atom stereocenters.